The van der Waals surface area contributed by atoms with Crippen molar-refractivity contribution in [2.75, 3.05) is 19.7 Å². The summed E-state index contributed by atoms with van der Waals surface area (Å²) < 4.78 is 11.7. The zero-order valence-electron chi connectivity index (χ0n) is 24.8. The van der Waals surface area contributed by atoms with Crippen LogP contribution in [0.5, 0.6) is 5.75 Å². The molecule has 1 unspecified atom stereocenters. The quantitative estimate of drug-likeness (QED) is 0.138. The van der Waals surface area contributed by atoms with Gasteiger partial charge in [0.1, 0.15) is 12.4 Å². The number of hydrogen-bond donors (Lipinski definition) is 0. The highest BCUT2D eigenvalue weighted by Gasteiger charge is 2.43. The minimum Gasteiger partial charge on any atom is -0.410 e. The highest BCUT2D eigenvalue weighted by atomic mass is 16.9. The van der Waals surface area contributed by atoms with Crippen LogP contribution in [-0.2, 0) is 22.6 Å². The van der Waals surface area contributed by atoms with Crippen LogP contribution in [0.1, 0.15) is 36.8 Å². The van der Waals surface area contributed by atoms with Crippen LogP contribution in [0.15, 0.2) is 115 Å². The SMILES string of the molecule is O=C(Oc1cccc(CO[N+](=O)[O-])c1)N1CCCC(OCC2(Cc3ccccc3)CC2)C1.c1ccc(-c2ccccc2)cc1. The van der Waals surface area contributed by atoms with E-state index in [0.29, 0.717) is 31.0 Å². The standard InChI is InChI=1S/C24H28N2O6.C12H10/c27-23(32-21-9-4-8-20(14-21)17-31-26(28)29)25-13-5-10-22(16-25)30-18-24(11-12-24)15-19-6-2-1-3-7-19;1-3-7-11(8-4-1)12-9-5-2-6-10-12/h1-4,6-9,14,22H,5,10-13,15-18H2;1-10H. The molecule has 0 aromatic heterocycles. The Morgan fingerprint density at radius 1 is 0.841 bits per heavy atom. The molecule has 0 radical (unpaired) electrons. The average Bonchev–Trinajstić information content (AvgIpc) is 3.84. The summed E-state index contributed by atoms with van der Waals surface area (Å²) in [5, 5.41) is 9.51. The topological polar surface area (TPSA) is 91.1 Å². The third-order valence-electron chi connectivity index (χ3n) is 7.96. The second-order valence-corrected chi connectivity index (χ2v) is 11.4. The number of piperidine rings is 1. The summed E-state index contributed by atoms with van der Waals surface area (Å²) in [5.41, 5.74) is 4.68. The molecule has 44 heavy (non-hydrogen) atoms. The molecule has 0 N–H and O–H groups in total. The molecule has 1 saturated carbocycles. The maximum atomic E-state index is 12.7. The van der Waals surface area contributed by atoms with Gasteiger partial charge in [-0.2, -0.15) is 0 Å². The van der Waals surface area contributed by atoms with Gasteiger partial charge in [-0.3, -0.25) is 0 Å². The van der Waals surface area contributed by atoms with Gasteiger partial charge in [-0.05, 0) is 71.9 Å². The molecule has 1 amide bonds. The van der Waals surface area contributed by atoms with Gasteiger partial charge in [0.15, 0.2) is 0 Å². The van der Waals surface area contributed by atoms with Gasteiger partial charge in [0.05, 0.1) is 19.3 Å². The average molecular weight is 595 g/mol. The molecule has 1 saturated heterocycles. The summed E-state index contributed by atoms with van der Waals surface area (Å²) >= 11 is 0. The summed E-state index contributed by atoms with van der Waals surface area (Å²) in [5.74, 6) is 0.335. The molecule has 8 nitrogen and oxygen atoms in total. The van der Waals surface area contributed by atoms with Crippen LogP contribution in [0.2, 0.25) is 0 Å². The number of amides is 1. The number of hydrogen-bond acceptors (Lipinski definition) is 6. The molecule has 2 fully saturated rings. The summed E-state index contributed by atoms with van der Waals surface area (Å²) in [4.78, 5) is 29.1. The molecule has 6 rings (SSSR count). The normalized spacial score (nSPS) is 16.6. The van der Waals surface area contributed by atoms with Crippen LogP contribution in [0.4, 0.5) is 4.79 Å². The lowest BCUT2D eigenvalue weighted by molar-refractivity contribution is -0.763. The first-order chi connectivity index (χ1) is 21.5. The van der Waals surface area contributed by atoms with Crippen LogP contribution in [0.25, 0.3) is 11.1 Å². The molecule has 4 aromatic rings. The van der Waals surface area contributed by atoms with E-state index in [9.17, 15) is 14.9 Å². The third kappa shape index (κ3) is 9.41. The van der Waals surface area contributed by atoms with Gasteiger partial charge < -0.3 is 19.2 Å². The zero-order valence-corrected chi connectivity index (χ0v) is 24.8. The molecule has 0 spiro atoms. The number of benzene rings is 4. The molecular formula is C36H38N2O6. The second-order valence-electron chi connectivity index (χ2n) is 11.4. The smallest absolute Gasteiger partial charge is 0.410 e. The molecule has 0 bridgehead atoms. The third-order valence-corrected chi connectivity index (χ3v) is 7.96. The van der Waals surface area contributed by atoms with E-state index in [-0.39, 0.29) is 18.1 Å². The first kappa shape index (κ1) is 30.8. The van der Waals surface area contributed by atoms with Gasteiger partial charge in [-0.1, -0.05) is 103 Å². The highest BCUT2D eigenvalue weighted by Crippen LogP contribution is 2.49. The first-order valence-electron chi connectivity index (χ1n) is 15.1. The summed E-state index contributed by atoms with van der Waals surface area (Å²) in [6, 6.07) is 37.8. The van der Waals surface area contributed by atoms with Crippen molar-refractivity contribution in [3.63, 3.8) is 0 Å². The fourth-order valence-corrected chi connectivity index (χ4v) is 5.37. The highest BCUT2D eigenvalue weighted by molar-refractivity contribution is 5.71. The van der Waals surface area contributed by atoms with Crippen molar-refractivity contribution in [2.24, 2.45) is 5.41 Å². The van der Waals surface area contributed by atoms with Gasteiger partial charge >= 0.3 is 6.09 Å². The fourth-order valence-electron chi connectivity index (χ4n) is 5.37. The number of nitrogens with zero attached hydrogens (tertiary/aromatic N) is 2. The number of likely N-dealkylation sites (tertiary alicyclic amines) is 1. The number of carbonyl (C=O) groups excluding carboxylic acids is 1. The first-order valence-corrected chi connectivity index (χ1v) is 15.1. The van der Waals surface area contributed by atoms with Gasteiger partial charge in [0.25, 0.3) is 5.09 Å². The number of rotatable bonds is 10. The molecule has 4 aromatic carbocycles. The van der Waals surface area contributed by atoms with Crippen molar-refractivity contribution in [2.45, 2.75) is 44.8 Å². The van der Waals surface area contributed by atoms with Gasteiger partial charge in [0, 0.05) is 6.54 Å². The van der Waals surface area contributed by atoms with Crippen molar-refractivity contribution < 1.29 is 24.2 Å². The Kier molecular flexibility index (Phi) is 10.6. The van der Waals surface area contributed by atoms with E-state index in [4.69, 9.17) is 9.47 Å². The number of ether oxygens (including phenoxy) is 2. The van der Waals surface area contributed by atoms with Gasteiger partial charge in [-0.25, -0.2) is 4.79 Å². The molecule has 1 heterocycles. The number of carbonyl (C=O) groups is 1. The van der Waals surface area contributed by atoms with Crippen molar-refractivity contribution in [3.05, 3.63) is 137 Å². The zero-order chi connectivity index (χ0) is 30.6. The molecule has 1 aliphatic heterocycles. The minimum absolute atomic E-state index is 0.00405. The van der Waals surface area contributed by atoms with Crippen molar-refractivity contribution in [1.82, 2.24) is 4.90 Å². The van der Waals surface area contributed by atoms with Crippen molar-refractivity contribution in [1.29, 1.82) is 0 Å². The van der Waals surface area contributed by atoms with Crippen LogP contribution >= 0.6 is 0 Å². The molecule has 228 valence electrons. The molecule has 8 heteroatoms. The Morgan fingerprint density at radius 2 is 1.45 bits per heavy atom. The maximum absolute atomic E-state index is 12.7. The lowest BCUT2D eigenvalue weighted by Crippen LogP contribution is -2.45. The Labute approximate surface area is 258 Å². The summed E-state index contributed by atoms with van der Waals surface area (Å²) in [6.45, 7) is 1.65. The van der Waals surface area contributed by atoms with Gasteiger partial charge in [0.2, 0.25) is 0 Å². The molecule has 1 aliphatic carbocycles. The lowest BCUT2D eigenvalue weighted by atomic mass is 9.97. The Balaban J connectivity index is 0.000000266. The van der Waals surface area contributed by atoms with Crippen molar-refractivity contribution in [3.8, 4) is 16.9 Å². The molecular weight excluding hydrogens is 556 g/mol. The van der Waals surface area contributed by atoms with Crippen LogP contribution in [0, 0.1) is 15.5 Å². The van der Waals surface area contributed by atoms with Crippen LogP contribution in [-0.4, -0.2) is 41.9 Å². The van der Waals surface area contributed by atoms with E-state index in [0.717, 1.165) is 19.3 Å². The Hall–Kier alpha value is -4.69. The monoisotopic (exact) mass is 594 g/mol. The van der Waals surface area contributed by atoms with E-state index in [1.807, 2.05) is 18.2 Å². The maximum Gasteiger partial charge on any atom is 0.415 e. The van der Waals surface area contributed by atoms with E-state index in [2.05, 4.69) is 77.6 Å². The summed E-state index contributed by atoms with van der Waals surface area (Å²) in [7, 11) is 0. The van der Waals surface area contributed by atoms with Crippen LogP contribution < -0.4 is 4.74 Å². The van der Waals surface area contributed by atoms with Gasteiger partial charge in [-0.15, -0.1) is 10.1 Å². The predicted octanol–water partition coefficient (Wildman–Crippen LogP) is 7.75. The fraction of sp³-hybridized carbons (Fsp3) is 0.306. The van der Waals surface area contributed by atoms with E-state index in [1.165, 1.54) is 29.5 Å². The minimum atomic E-state index is -0.849. The summed E-state index contributed by atoms with van der Waals surface area (Å²) in [6.07, 6.45) is 4.75. The largest absolute Gasteiger partial charge is 0.415 e. The Morgan fingerprint density at radius 3 is 2.07 bits per heavy atom. The molecule has 1 atom stereocenters. The lowest BCUT2D eigenvalue weighted by Gasteiger charge is -2.32. The second kappa shape index (κ2) is 15.2. The Bertz CT molecular complexity index is 1440. The van der Waals surface area contributed by atoms with Crippen LogP contribution in [0.3, 0.4) is 0 Å². The van der Waals surface area contributed by atoms with E-state index in [1.54, 1.807) is 29.2 Å². The van der Waals surface area contributed by atoms with Crippen molar-refractivity contribution >= 4 is 6.09 Å². The van der Waals surface area contributed by atoms with E-state index >= 15 is 0 Å². The van der Waals surface area contributed by atoms with E-state index < -0.39 is 11.2 Å². The molecule has 2 aliphatic rings. The predicted molar refractivity (Wildman–Crippen MR) is 168 cm³/mol.